The number of rotatable bonds is 3. The van der Waals surface area contributed by atoms with Gasteiger partial charge in [0.2, 0.25) is 0 Å². The van der Waals surface area contributed by atoms with Crippen LogP contribution in [0.1, 0.15) is 16.1 Å². The molecule has 1 aliphatic heterocycles. The molecular weight excluding hydrogens is 334 g/mol. The van der Waals surface area contributed by atoms with Crippen LogP contribution in [-0.2, 0) is 6.42 Å². The minimum atomic E-state index is -0.253. The molecule has 1 aliphatic rings. The number of pyridine rings is 1. The fourth-order valence-electron chi connectivity index (χ4n) is 3.08. The molecule has 0 unspecified atom stereocenters. The van der Waals surface area contributed by atoms with E-state index in [9.17, 15) is 4.79 Å². The zero-order chi connectivity index (χ0) is 17.2. The van der Waals surface area contributed by atoms with Crippen molar-refractivity contribution in [1.82, 2.24) is 4.98 Å². The molecule has 0 spiro atoms. The molecule has 0 radical (unpaired) electrons. The van der Waals surface area contributed by atoms with Gasteiger partial charge >= 0.3 is 0 Å². The second kappa shape index (κ2) is 6.57. The van der Waals surface area contributed by atoms with E-state index in [1.165, 1.54) is 11.3 Å². The first kappa shape index (κ1) is 15.7. The Hall–Kier alpha value is -2.85. The van der Waals surface area contributed by atoms with Crippen LogP contribution in [-0.4, -0.2) is 17.4 Å². The first-order chi connectivity index (χ1) is 12.2. The number of hydrogen-bond acceptors (Lipinski definition) is 3. The average molecular weight is 350 g/mol. The number of halogens is 1. The van der Waals surface area contributed by atoms with Crippen molar-refractivity contribution in [2.75, 3.05) is 16.8 Å². The first-order valence-electron chi connectivity index (χ1n) is 8.09. The van der Waals surface area contributed by atoms with Gasteiger partial charge in [0.15, 0.2) is 0 Å². The predicted molar refractivity (Wildman–Crippen MR) is 101 cm³/mol. The van der Waals surface area contributed by atoms with Gasteiger partial charge in [0.1, 0.15) is 5.69 Å². The topological polar surface area (TPSA) is 45.2 Å². The number of carbonyl (C=O) groups is 1. The maximum absolute atomic E-state index is 12.5. The molecule has 124 valence electrons. The quantitative estimate of drug-likeness (QED) is 0.746. The highest BCUT2D eigenvalue weighted by Crippen LogP contribution is 2.34. The maximum Gasteiger partial charge on any atom is 0.274 e. The smallest absolute Gasteiger partial charge is 0.274 e. The molecule has 0 saturated heterocycles. The van der Waals surface area contributed by atoms with E-state index in [1.807, 2.05) is 18.2 Å². The van der Waals surface area contributed by atoms with Crippen LogP contribution in [0, 0.1) is 0 Å². The number of nitrogens with one attached hydrogen (secondary N) is 1. The van der Waals surface area contributed by atoms with E-state index >= 15 is 0 Å². The summed E-state index contributed by atoms with van der Waals surface area (Å²) >= 11 is 5.96. The predicted octanol–water partition coefficient (Wildman–Crippen LogP) is 4.68. The third-order valence-electron chi connectivity index (χ3n) is 4.26. The van der Waals surface area contributed by atoms with Crippen molar-refractivity contribution < 1.29 is 4.79 Å². The molecule has 1 N–H and O–H groups in total. The maximum atomic E-state index is 12.5. The zero-order valence-electron chi connectivity index (χ0n) is 13.4. The van der Waals surface area contributed by atoms with Gasteiger partial charge in [-0.05, 0) is 48.4 Å². The van der Waals surface area contributed by atoms with E-state index in [0.29, 0.717) is 16.4 Å². The van der Waals surface area contributed by atoms with Gasteiger partial charge in [-0.1, -0.05) is 35.9 Å². The standard InChI is InChI=1S/C20H16ClN3O/c21-15-5-3-6-16(12-15)23-20(25)18-13-17(8-10-22-18)24-11-9-14-4-1-2-7-19(14)24/h1-8,10,12-13H,9,11H2,(H,23,25). The van der Waals surface area contributed by atoms with Gasteiger partial charge in [0, 0.05) is 34.8 Å². The Morgan fingerprint density at radius 3 is 2.84 bits per heavy atom. The van der Waals surface area contributed by atoms with E-state index in [0.717, 1.165) is 18.7 Å². The fourth-order valence-corrected chi connectivity index (χ4v) is 3.27. The van der Waals surface area contributed by atoms with Gasteiger partial charge in [-0.15, -0.1) is 0 Å². The Morgan fingerprint density at radius 2 is 1.96 bits per heavy atom. The second-order valence-electron chi connectivity index (χ2n) is 5.89. The SMILES string of the molecule is O=C(Nc1cccc(Cl)c1)c1cc(N2CCc3ccccc32)ccn1. The monoisotopic (exact) mass is 349 g/mol. The minimum Gasteiger partial charge on any atom is -0.341 e. The molecule has 4 rings (SSSR count). The summed E-state index contributed by atoms with van der Waals surface area (Å²) in [6, 6.07) is 19.1. The van der Waals surface area contributed by atoms with E-state index in [4.69, 9.17) is 11.6 Å². The summed E-state index contributed by atoms with van der Waals surface area (Å²) in [6.07, 6.45) is 2.67. The van der Waals surface area contributed by atoms with Gasteiger partial charge in [0.25, 0.3) is 5.91 Å². The lowest BCUT2D eigenvalue weighted by atomic mass is 10.2. The molecule has 0 aliphatic carbocycles. The van der Waals surface area contributed by atoms with Crippen LogP contribution in [0.5, 0.6) is 0 Å². The number of amides is 1. The zero-order valence-corrected chi connectivity index (χ0v) is 14.2. The van der Waals surface area contributed by atoms with Crippen LogP contribution in [0.3, 0.4) is 0 Å². The van der Waals surface area contributed by atoms with Crippen molar-refractivity contribution in [2.24, 2.45) is 0 Å². The number of aromatic nitrogens is 1. The lowest BCUT2D eigenvalue weighted by Crippen LogP contribution is -2.17. The largest absolute Gasteiger partial charge is 0.341 e. The summed E-state index contributed by atoms with van der Waals surface area (Å²) in [7, 11) is 0. The summed E-state index contributed by atoms with van der Waals surface area (Å²) in [4.78, 5) is 18.9. The van der Waals surface area contributed by atoms with Crippen molar-refractivity contribution >= 4 is 34.6 Å². The van der Waals surface area contributed by atoms with Gasteiger partial charge in [-0.3, -0.25) is 9.78 Å². The van der Waals surface area contributed by atoms with Crippen molar-refractivity contribution in [3.63, 3.8) is 0 Å². The number of anilines is 3. The summed E-state index contributed by atoms with van der Waals surface area (Å²) in [6.45, 7) is 0.902. The molecule has 1 amide bonds. The Bertz CT molecular complexity index is 941. The van der Waals surface area contributed by atoms with Gasteiger partial charge < -0.3 is 10.2 Å². The van der Waals surface area contributed by atoms with Crippen molar-refractivity contribution in [2.45, 2.75) is 6.42 Å². The number of nitrogens with zero attached hydrogens (tertiary/aromatic N) is 2. The number of para-hydroxylation sites is 1. The molecule has 2 heterocycles. The molecule has 25 heavy (non-hydrogen) atoms. The van der Waals surface area contributed by atoms with E-state index in [-0.39, 0.29) is 5.91 Å². The third-order valence-corrected chi connectivity index (χ3v) is 4.49. The second-order valence-corrected chi connectivity index (χ2v) is 6.33. The first-order valence-corrected chi connectivity index (χ1v) is 8.47. The molecule has 2 aromatic carbocycles. The molecule has 0 bridgehead atoms. The molecule has 4 nitrogen and oxygen atoms in total. The number of benzene rings is 2. The van der Waals surface area contributed by atoms with Crippen molar-refractivity contribution in [3.05, 3.63) is 83.1 Å². The molecule has 1 aromatic heterocycles. The van der Waals surface area contributed by atoms with Crippen LogP contribution in [0.2, 0.25) is 5.02 Å². The minimum absolute atomic E-state index is 0.253. The van der Waals surface area contributed by atoms with Gasteiger partial charge in [0.05, 0.1) is 0 Å². The third kappa shape index (κ3) is 3.21. The molecule has 5 heteroatoms. The van der Waals surface area contributed by atoms with Crippen molar-refractivity contribution in [3.8, 4) is 0 Å². The van der Waals surface area contributed by atoms with Crippen LogP contribution < -0.4 is 10.2 Å². The Kier molecular flexibility index (Phi) is 4.12. The summed E-state index contributed by atoms with van der Waals surface area (Å²) in [5.41, 5.74) is 4.51. The highest BCUT2D eigenvalue weighted by molar-refractivity contribution is 6.30. The van der Waals surface area contributed by atoms with E-state index < -0.39 is 0 Å². The van der Waals surface area contributed by atoms with Gasteiger partial charge in [-0.25, -0.2) is 0 Å². The fraction of sp³-hybridized carbons (Fsp3) is 0.100. The molecule has 0 fully saturated rings. The van der Waals surface area contributed by atoms with E-state index in [1.54, 1.807) is 30.5 Å². The van der Waals surface area contributed by atoms with Crippen LogP contribution in [0.25, 0.3) is 0 Å². The number of carbonyl (C=O) groups excluding carboxylic acids is 1. The summed E-state index contributed by atoms with van der Waals surface area (Å²) < 4.78 is 0. The van der Waals surface area contributed by atoms with Crippen LogP contribution in [0.15, 0.2) is 66.9 Å². The van der Waals surface area contributed by atoms with Gasteiger partial charge in [-0.2, -0.15) is 0 Å². The van der Waals surface area contributed by atoms with Crippen molar-refractivity contribution in [1.29, 1.82) is 0 Å². The Balaban J connectivity index is 1.59. The Morgan fingerprint density at radius 1 is 1.08 bits per heavy atom. The highest BCUT2D eigenvalue weighted by Gasteiger charge is 2.20. The summed E-state index contributed by atoms with van der Waals surface area (Å²) in [5, 5.41) is 3.41. The lowest BCUT2D eigenvalue weighted by molar-refractivity contribution is 0.102. The summed E-state index contributed by atoms with van der Waals surface area (Å²) in [5.74, 6) is -0.253. The van der Waals surface area contributed by atoms with E-state index in [2.05, 4.69) is 33.4 Å². The molecule has 0 atom stereocenters. The molecule has 0 saturated carbocycles. The number of fused-ring (bicyclic) bond motifs is 1. The normalized spacial score (nSPS) is 12.8. The molecular formula is C20H16ClN3O. The van der Waals surface area contributed by atoms with Crippen LogP contribution >= 0.6 is 11.6 Å². The van der Waals surface area contributed by atoms with Crippen LogP contribution in [0.4, 0.5) is 17.1 Å². The highest BCUT2D eigenvalue weighted by atomic mass is 35.5. The molecule has 3 aromatic rings. The Labute approximate surface area is 151 Å². The number of hydrogen-bond donors (Lipinski definition) is 1. The average Bonchev–Trinajstić information content (AvgIpc) is 3.06. The lowest BCUT2D eigenvalue weighted by Gasteiger charge is -2.19.